The van der Waals surface area contributed by atoms with Gasteiger partial charge in [-0.1, -0.05) is 11.6 Å². The number of amides is 3. The van der Waals surface area contributed by atoms with Crippen LogP contribution in [0.2, 0.25) is 5.02 Å². The van der Waals surface area contributed by atoms with Crippen LogP contribution in [0.1, 0.15) is 28.5 Å². The first-order valence-corrected chi connectivity index (χ1v) is 10.6. The summed E-state index contributed by atoms with van der Waals surface area (Å²) in [5.41, 5.74) is 2.24. The lowest BCUT2D eigenvalue weighted by Crippen LogP contribution is -2.24. The van der Waals surface area contributed by atoms with E-state index in [-0.39, 0.29) is 11.4 Å². The molecule has 2 aromatic carbocycles. The molecule has 0 aliphatic carbocycles. The van der Waals surface area contributed by atoms with Crippen molar-refractivity contribution in [2.24, 2.45) is 0 Å². The van der Waals surface area contributed by atoms with Crippen LogP contribution in [0.4, 0.5) is 29.3 Å². The predicted molar refractivity (Wildman–Crippen MR) is 124 cm³/mol. The molecule has 1 aromatic heterocycles. The van der Waals surface area contributed by atoms with E-state index in [1.807, 2.05) is 0 Å². The Kier molecular flexibility index (Phi) is 8.15. The zero-order chi connectivity index (χ0) is 25.6. The summed E-state index contributed by atoms with van der Waals surface area (Å²) in [6.45, 7) is 3.73. The molecule has 3 rings (SSSR count). The number of urea groups is 1. The Morgan fingerprint density at radius 1 is 1.03 bits per heavy atom. The number of alkyl halides is 3. The van der Waals surface area contributed by atoms with Crippen molar-refractivity contribution in [2.45, 2.75) is 20.0 Å². The van der Waals surface area contributed by atoms with E-state index in [9.17, 15) is 22.8 Å². The van der Waals surface area contributed by atoms with Crippen LogP contribution in [0.15, 0.2) is 54.7 Å². The third-order valence-corrected chi connectivity index (χ3v) is 4.81. The van der Waals surface area contributed by atoms with E-state index in [1.165, 1.54) is 18.3 Å². The van der Waals surface area contributed by atoms with Gasteiger partial charge in [0.05, 0.1) is 17.2 Å². The molecule has 3 N–H and O–H groups in total. The zero-order valence-corrected chi connectivity index (χ0v) is 19.3. The van der Waals surface area contributed by atoms with E-state index in [2.05, 4.69) is 21.1 Å². The van der Waals surface area contributed by atoms with E-state index in [4.69, 9.17) is 21.2 Å². The second-order valence-electron chi connectivity index (χ2n) is 7.09. The Labute approximate surface area is 203 Å². The smallest absolute Gasteiger partial charge is 0.417 e. The molecule has 3 aromatic rings. The van der Waals surface area contributed by atoms with Gasteiger partial charge in [-0.3, -0.25) is 14.6 Å². The molecule has 0 fully saturated rings. The lowest BCUT2D eigenvalue weighted by atomic mass is 10.2. The number of carbonyl (C=O) groups is 2. The Morgan fingerprint density at radius 3 is 2.46 bits per heavy atom. The van der Waals surface area contributed by atoms with Crippen LogP contribution in [0.3, 0.4) is 0 Å². The molecule has 35 heavy (non-hydrogen) atoms. The van der Waals surface area contributed by atoms with Crippen molar-refractivity contribution in [3.05, 3.63) is 76.6 Å². The summed E-state index contributed by atoms with van der Waals surface area (Å²) >= 11 is 5.60. The molecule has 0 spiro atoms. The van der Waals surface area contributed by atoms with Crippen LogP contribution in [0, 0.1) is 6.92 Å². The monoisotopic (exact) mass is 508 g/mol. The Morgan fingerprint density at radius 2 is 1.77 bits per heavy atom. The van der Waals surface area contributed by atoms with Crippen molar-refractivity contribution in [2.75, 3.05) is 17.2 Å². The van der Waals surface area contributed by atoms with Crippen molar-refractivity contribution in [1.29, 1.82) is 0 Å². The maximum atomic E-state index is 13.0. The number of benzene rings is 2. The van der Waals surface area contributed by atoms with Gasteiger partial charge in [0.1, 0.15) is 17.2 Å². The molecule has 0 aliphatic rings. The number of aryl methyl sites for hydroxylation is 1. The first kappa shape index (κ1) is 25.8. The fourth-order valence-electron chi connectivity index (χ4n) is 2.87. The standard InChI is InChI=1S/C23H20ClF3N4O4/c1-3-34-31-21(32)20-12-16(8-9-28-20)35-15-5-7-19(13(2)10-15)30-22(33)29-14-4-6-18(24)17(11-14)23(25,26)27/h4-12H,3H2,1-2H3,(H,31,32)(H2,29,30,33). The first-order valence-electron chi connectivity index (χ1n) is 10.2. The summed E-state index contributed by atoms with van der Waals surface area (Å²) < 4.78 is 44.8. The molecule has 8 nitrogen and oxygen atoms in total. The molecular weight excluding hydrogens is 489 g/mol. The van der Waals surface area contributed by atoms with Crippen LogP contribution < -0.4 is 20.9 Å². The minimum atomic E-state index is -4.65. The molecule has 0 aliphatic heterocycles. The summed E-state index contributed by atoms with van der Waals surface area (Å²) in [7, 11) is 0. The second-order valence-corrected chi connectivity index (χ2v) is 7.50. The normalized spacial score (nSPS) is 11.0. The van der Waals surface area contributed by atoms with Gasteiger partial charge in [-0.05, 0) is 61.9 Å². The number of ether oxygens (including phenoxy) is 1. The summed E-state index contributed by atoms with van der Waals surface area (Å²) in [5.74, 6) is 0.244. The molecule has 0 atom stereocenters. The van der Waals surface area contributed by atoms with Crippen LogP contribution in [0.5, 0.6) is 11.5 Å². The quantitative estimate of drug-likeness (QED) is 0.331. The average Bonchev–Trinajstić information content (AvgIpc) is 2.80. The maximum absolute atomic E-state index is 13.0. The average molecular weight is 509 g/mol. The van der Waals surface area contributed by atoms with Gasteiger partial charge >= 0.3 is 12.2 Å². The maximum Gasteiger partial charge on any atom is 0.417 e. The van der Waals surface area contributed by atoms with Gasteiger partial charge in [-0.15, -0.1) is 0 Å². The SMILES string of the molecule is CCONC(=O)c1cc(Oc2ccc(NC(=O)Nc3ccc(Cl)c(C(F)(F)F)c3)c(C)c2)ccn1. The van der Waals surface area contributed by atoms with E-state index in [1.54, 1.807) is 38.1 Å². The van der Waals surface area contributed by atoms with E-state index >= 15 is 0 Å². The first-order chi connectivity index (χ1) is 16.6. The number of aromatic nitrogens is 1. The number of rotatable bonds is 7. The van der Waals surface area contributed by atoms with Gasteiger partial charge in [-0.2, -0.15) is 13.2 Å². The van der Waals surface area contributed by atoms with Crippen molar-refractivity contribution in [3.63, 3.8) is 0 Å². The van der Waals surface area contributed by atoms with E-state index in [0.717, 1.165) is 12.1 Å². The largest absolute Gasteiger partial charge is 0.457 e. The zero-order valence-electron chi connectivity index (χ0n) is 18.5. The van der Waals surface area contributed by atoms with E-state index in [0.29, 0.717) is 29.4 Å². The van der Waals surface area contributed by atoms with Crippen LogP contribution >= 0.6 is 11.6 Å². The highest BCUT2D eigenvalue weighted by Gasteiger charge is 2.33. The molecule has 0 saturated heterocycles. The summed E-state index contributed by atoms with van der Waals surface area (Å²) in [4.78, 5) is 33.1. The number of carbonyl (C=O) groups excluding carboxylic acids is 2. The van der Waals surface area contributed by atoms with Crippen LogP contribution in [-0.2, 0) is 11.0 Å². The number of hydrogen-bond acceptors (Lipinski definition) is 5. The molecule has 0 radical (unpaired) electrons. The number of nitrogens with one attached hydrogen (secondary N) is 3. The number of anilines is 2. The number of halogens is 4. The molecule has 0 unspecified atom stereocenters. The number of hydrogen-bond donors (Lipinski definition) is 3. The van der Waals surface area contributed by atoms with Gasteiger partial charge in [0.15, 0.2) is 0 Å². The molecule has 0 bridgehead atoms. The summed E-state index contributed by atoms with van der Waals surface area (Å²) in [6, 6.07) is 10.1. The minimum Gasteiger partial charge on any atom is -0.457 e. The van der Waals surface area contributed by atoms with E-state index < -0.39 is 28.7 Å². The van der Waals surface area contributed by atoms with Crippen molar-refractivity contribution in [1.82, 2.24) is 10.5 Å². The third kappa shape index (κ3) is 7.08. The Balaban J connectivity index is 1.66. The minimum absolute atomic E-state index is 0.0707. The Bertz CT molecular complexity index is 1240. The van der Waals surface area contributed by atoms with Gasteiger partial charge in [0.25, 0.3) is 5.91 Å². The molecule has 0 saturated carbocycles. The van der Waals surface area contributed by atoms with Gasteiger partial charge < -0.3 is 15.4 Å². The molecule has 12 heteroatoms. The van der Waals surface area contributed by atoms with Crippen molar-refractivity contribution in [3.8, 4) is 11.5 Å². The number of hydroxylamine groups is 1. The lowest BCUT2D eigenvalue weighted by Gasteiger charge is -2.14. The number of nitrogens with zero attached hydrogens (tertiary/aromatic N) is 1. The molecule has 184 valence electrons. The predicted octanol–water partition coefficient (Wildman–Crippen LogP) is 6.18. The van der Waals surface area contributed by atoms with Gasteiger partial charge in [0, 0.05) is 23.6 Å². The van der Waals surface area contributed by atoms with Crippen LogP contribution in [-0.4, -0.2) is 23.5 Å². The summed E-state index contributed by atoms with van der Waals surface area (Å²) in [5, 5.41) is 4.45. The van der Waals surface area contributed by atoms with Gasteiger partial charge in [-0.25, -0.2) is 10.3 Å². The fourth-order valence-corrected chi connectivity index (χ4v) is 3.09. The highest BCUT2D eigenvalue weighted by Crippen LogP contribution is 2.36. The third-order valence-electron chi connectivity index (χ3n) is 4.48. The van der Waals surface area contributed by atoms with Gasteiger partial charge in [0.2, 0.25) is 0 Å². The number of pyridine rings is 1. The van der Waals surface area contributed by atoms with Crippen LogP contribution in [0.25, 0.3) is 0 Å². The van der Waals surface area contributed by atoms with Crippen molar-refractivity contribution < 1.29 is 32.3 Å². The van der Waals surface area contributed by atoms with Crippen molar-refractivity contribution >= 4 is 34.9 Å². The topological polar surface area (TPSA) is 102 Å². The molecule has 1 heterocycles. The molecular formula is C23H20ClF3N4O4. The highest BCUT2D eigenvalue weighted by atomic mass is 35.5. The lowest BCUT2D eigenvalue weighted by molar-refractivity contribution is -0.137. The summed E-state index contributed by atoms with van der Waals surface area (Å²) in [6.07, 6.45) is -3.25. The second kappa shape index (κ2) is 11.1. The highest BCUT2D eigenvalue weighted by molar-refractivity contribution is 6.31. The molecule has 3 amide bonds. The Hall–Kier alpha value is -3.83. The fraction of sp³-hybridized carbons (Fsp3) is 0.174.